The van der Waals surface area contributed by atoms with Crippen LogP contribution in [0.5, 0.6) is 0 Å². The van der Waals surface area contributed by atoms with Crippen LogP contribution in [0.25, 0.3) is 0 Å². The molecule has 0 aliphatic rings. The molecular weight excluding hydrogens is 341 g/mol. The minimum atomic E-state index is 0.370. The van der Waals surface area contributed by atoms with Gasteiger partial charge in [-0.1, -0.05) is 39.0 Å². The molecule has 23 heavy (non-hydrogen) atoms. The zero-order valence-electron chi connectivity index (χ0n) is 16.2. The number of hydrogen-bond acceptors (Lipinski definition) is 1. The van der Waals surface area contributed by atoms with Crippen LogP contribution in [0.1, 0.15) is 116 Å². The van der Waals surface area contributed by atoms with Crippen molar-refractivity contribution in [3.8, 4) is 0 Å². The molecule has 0 amide bonds. The molecule has 2 heteroatoms. The zero-order chi connectivity index (χ0) is 16.8. The molecule has 140 valence electrons. The van der Waals surface area contributed by atoms with Gasteiger partial charge in [-0.3, -0.25) is 0 Å². The third-order valence-corrected chi connectivity index (χ3v) is 7.73. The molecule has 1 nitrogen and oxygen atoms in total. The first kappa shape index (κ1) is 23.5. The normalized spacial score (nSPS) is 11.7. The topological polar surface area (TPSA) is 26.0 Å². The predicted molar refractivity (Wildman–Crippen MR) is 110 cm³/mol. The number of rotatable bonds is 20. The van der Waals surface area contributed by atoms with Gasteiger partial charge in [0, 0.05) is 0 Å². The number of unbranched alkanes of at least 4 members (excludes halogenated alkanes) is 15. The fourth-order valence-electron chi connectivity index (χ4n) is 3.15. The van der Waals surface area contributed by atoms with Crippen molar-refractivity contribution in [1.82, 2.24) is 0 Å². The van der Waals surface area contributed by atoms with Crippen molar-refractivity contribution in [3.63, 3.8) is 0 Å². The van der Waals surface area contributed by atoms with Crippen LogP contribution in [0.4, 0.5) is 0 Å². The summed E-state index contributed by atoms with van der Waals surface area (Å²) in [6, 6.07) is 0. The number of nitrogens with two attached hydrogens (primary N) is 1. The SMILES string of the molecule is CCCCCCCCCCCCCCCCCC[AsH]CCCN. The van der Waals surface area contributed by atoms with Gasteiger partial charge in [0.1, 0.15) is 0 Å². The Balaban J connectivity index is 2.92. The fraction of sp³-hybridized carbons (Fsp3) is 1.00. The van der Waals surface area contributed by atoms with Gasteiger partial charge in [0.25, 0.3) is 0 Å². The summed E-state index contributed by atoms with van der Waals surface area (Å²) in [6.45, 7) is 3.20. The molecule has 0 spiro atoms. The quantitative estimate of drug-likeness (QED) is 0.179. The van der Waals surface area contributed by atoms with Crippen LogP contribution in [0.2, 0.25) is 10.4 Å². The Labute approximate surface area is 154 Å². The molecule has 0 aromatic heterocycles. The van der Waals surface area contributed by atoms with E-state index in [0.717, 1.165) is 6.54 Å². The summed E-state index contributed by atoms with van der Waals surface area (Å²) in [4.78, 5) is 0. The van der Waals surface area contributed by atoms with E-state index >= 15 is 0 Å². The summed E-state index contributed by atoms with van der Waals surface area (Å²) < 4.78 is 0. The molecule has 0 bridgehead atoms. The van der Waals surface area contributed by atoms with Crippen molar-refractivity contribution in [2.75, 3.05) is 6.54 Å². The van der Waals surface area contributed by atoms with Crippen molar-refractivity contribution >= 4 is 15.8 Å². The maximum absolute atomic E-state index is 5.53. The summed E-state index contributed by atoms with van der Waals surface area (Å²) in [5.74, 6) is 0. The van der Waals surface area contributed by atoms with Crippen LogP contribution < -0.4 is 5.73 Å². The third-order valence-electron chi connectivity index (χ3n) is 4.76. The molecule has 0 rings (SSSR count). The van der Waals surface area contributed by atoms with Gasteiger partial charge in [-0.2, -0.15) is 0 Å². The monoisotopic (exact) mass is 387 g/mol. The second kappa shape index (κ2) is 22.5. The predicted octanol–water partition coefficient (Wildman–Crippen LogP) is 6.87. The van der Waals surface area contributed by atoms with E-state index in [0.29, 0.717) is 15.8 Å². The van der Waals surface area contributed by atoms with Crippen molar-refractivity contribution in [3.05, 3.63) is 0 Å². The van der Waals surface area contributed by atoms with Crippen LogP contribution in [0.15, 0.2) is 0 Å². The van der Waals surface area contributed by atoms with Gasteiger partial charge in [-0.05, 0) is 0 Å². The van der Waals surface area contributed by atoms with E-state index in [1.807, 2.05) is 0 Å². The van der Waals surface area contributed by atoms with E-state index in [-0.39, 0.29) is 0 Å². The molecule has 2 N–H and O–H groups in total. The Morgan fingerprint density at radius 1 is 0.478 bits per heavy atom. The summed E-state index contributed by atoms with van der Waals surface area (Å²) in [5, 5.41) is 3.02. The molecule has 1 atom stereocenters. The Morgan fingerprint density at radius 2 is 0.826 bits per heavy atom. The average molecular weight is 388 g/mol. The number of hydrogen-bond donors (Lipinski definition) is 1. The van der Waals surface area contributed by atoms with Crippen LogP contribution in [-0.2, 0) is 0 Å². The first-order valence-electron chi connectivity index (χ1n) is 10.8. The van der Waals surface area contributed by atoms with Gasteiger partial charge < -0.3 is 0 Å². The molecule has 0 aliphatic carbocycles. The molecule has 0 aromatic rings. The molecular formula is C21H46AsN. The van der Waals surface area contributed by atoms with Gasteiger partial charge in [-0.25, -0.2) is 0 Å². The van der Waals surface area contributed by atoms with E-state index < -0.39 is 0 Å². The van der Waals surface area contributed by atoms with E-state index in [1.54, 1.807) is 5.21 Å². The van der Waals surface area contributed by atoms with Crippen LogP contribution in [0.3, 0.4) is 0 Å². The summed E-state index contributed by atoms with van der Waals surface area (Å²) in [7, 11) is 0. The Bertz CT molecular complexity index is 176. The molecule has 0 aromatic carbocycles. The second-order valence-electron chi connectivity index (χ2n) is 7.20. The van der Waals surface area contributed by atoms with E-state index in [9.17, 15) is 0 Å². The molecule has 0 aliphatic heterocycles. The molecule has 0 radical (unpaired) electrons. The summed E-state index contributed by atoms with van der Waals surface area (Å²) in [5.41, 5.74) is 5.53. The van der Waals surface area contributed by atoms with Gasteiger partial charge in [0.05, 0.1) is 0 Å². The standard InChI is InChI=1S/C21H46AsN/c1-2-3-4-5-6-7-8-9-10-11-12-13-14-15-16-17-19-22-20-18-21-23/h22H,2-21,23H2,1H3. The van der Waals surface area contributed by atoms with Crippen molar-refractivity contribution in [2.24, 2.45) is 5.73 Å². The molecule has 0 saturated carbocycles. The molecule has 0 fully saturated rings. The second-order valence-corrected chi connectivity index (χ2v) is 10.3. The molecule has 1 unspecified atom stereocenters. The zero-order valence-corrected chi connectivity index (χ0v) is 18.3. The first-order chi connectivity index (χ1) is 11.4. The Morgan fingerprint density at radius 3 is 1.22 bits per heavy atom. The fourth-order valence-corrected chi connectivity index (χ4v) is 5.68. The summed E-state index contributed by atoms with van der Waals surface area (Å²) >= 11 is 0.370. The van der Waals surface area contributed by atoms with E-state index in [1.165, 1.54) is 114 Å². The molecule has 0 heterocycles. The average Bonchev–Trinajstić information content (AvgIpc) is 2.57. The van der Waals surface area contributed by atoms with Crippen molar-refractivity contribution < 1.29 is 0 Å². The van der Waals surface area contributed by atoms with E-state index in [4.69, 9.17) is 5.73 Å². The van der Waals surface area contributed by atoms with E-state index in [2.05, 4.69) is 6.92 Å². The first-order valence-corrected chi connectivity index (χ1v) is 13.8. The summed E-state index contributed by atoms with van der Waals surface area (Å²) in [6.07, 6.45) is 24.9. The van der Waals surface area contributed by atoms with Crippen molar-refractivity contribution in [2.45, 2.75) is 126 Å². The minimum absolute atomic E-state index is 0.370. The third kappa shape index (κ3) is 22.5. The van der Waals surface area contributed by atoms with Crippen LogP contribution in [0, 0.1) is 0 Å². The Hall–Kier alpha value is 0.518. The maximum atomic E-state index is 5.53. The molecule has 0 saturated heterocycles. The van der Waals surface area contributed by atoms with Crippen LogP contribution in [-0.4, -0.2) is 22.3 Å². The van der Waals surface area contributed by atoms with Gasteiger partial charge in [0.15, 0.2) is 0 Å². The van der Waals surface area contributed by atoms with Gasteiger partial charge in [0.2, 0.25) is 0 Å². The Kier molecular flexibility index (Phi) is 23.0. The van der Waals surface area contributed by atoms with Crippen LogP contribution >= 0.6 is 0 Å². The van der Waals surface area contributed by atoms with Gasteiger partial charge >= 0.3 is 115 Å². The van der Waals surface area contributed by atoms with Gasteiger partial charge in [-0.15, -0.1) is 0 Å². The van der Waals surface area contributed by atoms with Crippen molar-refractivity contribution in [1.29, 1.82) is 0 Å².